The number of hydrogen-bond acceptors (Lipinski definition) is 0. The van der Waals surface area contributed by atoms with Crippen LogP contribution in [0.4, 0.5) is 0 Å². The number of rotatable bonds is 1. The predicted octanol–water partition coefficient (Wildman–Crippen LogP) is 12.0. The van der Waals surface area contributed by atoms with Crippen molar-refractivity contribution in [1.29, 1.82) is 0 Å². The minimum atomic E-state index is -0.0683. The van der Waals surface area contributed by atoms with Crippen LogP contribution >= 0.6 is 0 Å². The van der Waals surface area contributed by atoms with Gasteiger partial charge >= 0.3 is 0 Å². The van der Waals surface area contributed by atoms with Gasteiger partial charge in [0.25, 0.3) is 0 Å². The largest absolute Gasteiger partial charge is 0.106 e. The summed E-state index contributed by atoms with van der Waals surface area (Å²) < 4.78 is 0. The topological polar surface area (TPSA) is 0 Å². The van der Waals surface area contributed by atoms with Gasteiger partial charge < -0.3 is 0 Å². The van der Waals surface area contributed by atoms with Crippen molar-refractivity contribution in [2.45, 2.75) is 47.0 Å². The standard InChI is InChI=1S/C33H24.2C2H6.C2H4/c1-33(2)30-20-24(23-16-15-21-9-3-4-10-22(21)19-23)17-18-29(30)31-27-13-7-5-11-25(27)26-12-6-8-14-28(26)32(31)33;3*1-2/h3-20H,1-2H3;2*1-2H3;1-2H2. The molecule has 0 atom stereocenters. The van der Waals surface area contributed by atoms with Gasteiger partial charge in [0.05, 0.1) is 0 Å². The molecule has 0 saturated carbocycles. The van der Waals surface area contributed by atoms with E-state index in [0.717, 1.165) is 0 Å². The molecule has 0 bridgehead atoms. The Labute approximate surface area is 234 Å². The zero-order valence-corrected chi connectivity index (χ0v) is 24.3. The molecule has 196 valence electrons. The summed E-state index contributed by atoms with van der Waals surface area (Å²) in [5.41, 5.74) is 8.16. The minimum Gasteiger partial charge on any atom is -0.106 e. The smallest absolute Gasteiger partial charge is 0.0165 e. The van der Waals surface area contributed by atoms with Crippen molar-refractivity contribution in [3.05, 3.63) is 133 Å². The Morgan fingerprint density at radius 2 is 0.974 bits per heavy atom. The highest BCUT2D eigenvalue weighted by atomic mass is 14.4. The monoisotopic (exact) mass is 508 g/mol. The molecule has 0 spiro atoms. The van der Waals surface area contributed by atoms with Crippen LogP contribution in [-0.2, 0) is 5.41 Å². The van der Waals surface area contributed by atoms with E-state index < -0.39 is 0 Å². The highest BCUT2D eigenvalue weighted by Gasteiger charge is 2.38. The summed E-state index contributed by atoms with van der Waals surface area (Å²) in [7, 11) is 0. The molecule has 6 aromatic rings. The summed E-state index contributed by atoms with van der Waals surface area (Å²) in [6.45, 7) is 18.8. The highest BCUT2D eigenvalue weighted by molar-refractivity contribution is 6.18. The van der Waals surface area contributed by atoms with Gasteiger partial charge in [-0.25, -0.2) is 0 Å². The van der Waals surface area contributed by atoms with Gasteiger partial charge in [-0.3, -0.25) is 0 Å². The average molecular weight is 509 g/mol. The molecule has 0 saturated heterocycles. The Hall–Kier alpha value is -4.16. The molecule has 0 amide bonds. The molecule has 0 fully saturated rings. The fraction of sp³-hybridized carbons (Fsp3) is 0.179. The molecular formula is C39H40. The number of hydrogen-bond donors (Lipinski definition) is 0. The molecule has 0 heterocycles. The highest BCUT2D eigenvalue weighted by Crippen LogP contribution is 2.55. The zero-order chi connectivity index (χ0) is 28.2. The first kappa shape index (κ1) is 27.9. The quantitative estimate of drug-likeness (QED) is 0.153. The molecule has 0 N–H and O–H groups in total. The third-order valence-electron chi connectivity index (χ3n) is 7.60. The van der Waals surface area contributed by atoms with Crippen LogP contribution in [-0.4, -0.2) is 0 Å². The van der Waals surface area contributed by atoms with Gasteiger partial charge in [0.2, 0.25) is 0 Å². The number of fused-ring (bicyclic) bond motifs is 9. The van der Waals surface area contributed by atoms with Gasteiger partial charge in [-0.2, -0.15) is 0 Å². The van der Waals surface area contributed by atoms with Gasteiger partial charge in [-0.15, -0.1) is 13.2 Å². The second-order valence-corrected chi connectivity index (χ2v) is 9.79. The second-order valence-electron chi connectivity index (χ2n) is 9.79. The predicted molar refractivity (Wildman–Crippen MR) is 176 cm³/mol. The Bertz CT molecular complexity index is 1750. The average Bonchev–Trinajstić information content (AvgIpc) is 3.26. The zero-order valence-electron chi connectivity index (χ0n) is 24.3. The molecule has 1 aliphatic rings. The maximum atomic E-state index is 3.00. The SMILES string of the molecule is C=C.CC.CC.CC1(C)c2cc(-c3ccc4ccccc4c3)ccc2-c2c1c1ccccc1c1ccccc21. The first-order valence-electron chi connectivity index (χ1n) is 14.2. The van der Waals surface area contributed by atoms with Crippen molar-refractivity contribution in [1.82, 2.24) is 0 Å². The molecule has 0 aromatic heterocycles. The second kappa shape index (κ2) is 11.7. The third-order valence-corrected chi connectivity index (χ3v) is 7.60. The van der Waals surface area contributed by atoms with E-state index in [1.54, 1.807) is 0 Å². The van der Waals surface area contributed by atoms with E-state index in [4.69, 9.17) is 0 Å². The molecule has 1 aliphatic carbocycles. The lowest BCUT2D eigenvalue weighted by atomic mass is 9.79. The molecule has 39 heavy (non-hydrogen) atoms. The summed E-state index contributed by atoms with van der Waals surface area (Å²) in [4.78, 5) is 0. The van der Waals surface area contributed by atoms with Crippen molar-refractivity contribution in [3.8, 4) is 22.3 Å². The summed E-state index contributed by atoms with van der Waals surface area (Å²) in [6, 6.07) is 40.3. The summed E-state index contributed by atoms with van der Waals surface area (Å²) in [5.74, 6) is 0. The van der Waals surface area contributed by atoms with E-state index in [2.05, 4.69) is 136 Å². The Morgan fingerprint density at radius 1 is 0.487 bits per heavy atom. The van der Waals surface area contributed by atoms with E-state index in [0.29, 0.717) is 0 Å². The van der Waals surface area contributed by atoms with Crippen LogP contribution in [0.2, 0.25) is 0 Å². The summed E-state index contributed by atoms with van der Waals surface area (Å²) >= 11 is 0. The van der Waals surface area contributed by atoms with Crippen molar-refractivity contribution < 1.29 is 0 Å². The number of benzene rings is 6. The van der Waals surface area contributed by atoms with Crippen LogP contribution in [0, 0.1) is 0 Å². The summed E-state index contributed by atoms with van der Waals surface area (Å²) in [5, 5.41) is 8.00. The normalized spacial score (nSPS) is 12.3. The lowest BCUT2D eigenvalue weighted by Gasteiger charge is -2.24. The Morgan fingerprint density at radius 3 is 1.64 bits per heavy atom. The molecule has 0 radical (unpaired) electrons. The van der Waals surface area contributed by atoms with E-state index in [-0.39, 0.29) is 5.41 Å². The van der Waals surface area contributed by atoms with E-state index >= 15 is 0 Å². The summed E-state index contributed by atoms with van der Waals surface area (Å²) in [6.07, 6.45) is 0. The maximum absolute atomic E-state index is 3.00. The van der Waals surface area contributed by atoms with Crippen LogP contribution < -0.4 is 0 Å². The first-order chi connectivity index (χ1) is 19.1. The lowest BCUT2D eigenvalue weighted by Crippen LogP contribution is -2.15. The molecule has 6 aromatic carbocycles. The van der Waals surface area contributed by atoms with Gasteiger partial charge in [0.1, 0.15) is 0 Å². The van der Waals surface area contributed by atoms with Crippen LogP contribution in [0.3, 0.4) is 0 Å². The Balaban J connectivity index is 0.000000553. The molecule has 0 aliphatic heterocycles. The van der Waals surface area contributed by atoms with Gasteiger partial charge in [-0.05, 0) is 77.8 Å². The molecule has 0 nitrogen and oxygen atoms in total. The van der Waals surface area contributed by atoms with Crippen molar-refractivity contribution >= 4 is 32.3 Å². The molecule has 0 heteroatoms. The van der Waals surface area contributed by atoms with Crippen LogP contribution in [0.15, 0.2) is 122 Å². The van der Waals surface area contributed by atoms with Crippen LogP contribution in [0.25, 0.3) is 54.6 Å². The fourth-order valence-corrected chi connectivity index (χ4v) is 6.03. The molecule has 7 rings (SSSR count). The minimum absolute atomic E-state index is 0.0683. The van der Waals surface area contributed by atoms with E-state index in [1.165, 1.54) is 65.7 Å². The van der Waals surface area contributed by atoms with Crippen LogP contribution in [0.5, 0.6) is 0 Å². The van der Waals surface area contributed by atoms with E-state index in [9.17, 15) is 0 Å². The van der Waals surface area contributed by atoms with Crippen molar-refractivity contribution in [3.63, 3.8) is 0 Å². The maximum Gasteiger partial charge on any atom is 0.0165 e. The lowest BCUT2D eigenvalue weighted by molar-refractivity contribution is 0.667. The fourth-order valence-electron chi connectivity index (χ4n) is 6.03. The third kappa shape index (κ3) is 4.55. The first-order valence-corrected chi connectivity index (χ1v) is 14.2. The van der Waals surface area contributed by atoms with Crippen LogP contribution in [0.1, 0.15) is 52.7 Å². The van der Waals surface area contributed by atoms with Crippen molar-refractivity contribution in [2.24, 2.45) is 0 Å². The van der Waals surface area contributed by atoms with Crippen molar-refractivity contribution in [2.75, 3.05) is 0 Å². The van der Waals surface area contributed by atoms with Gasteiger partial charge in [0.15, 0.2) is 0 Å². The Kier molecular flexibility index (Phi) is 8.36. The van der Waals surface area contributed by atoms with Gasteiger partial charge in [0, 0.05) is 5.41 Å². The van der Waals surface area contributed by atoms with Gasteiger partial charge in [-0.1, -0.05) is 139 Å². The molecular weight excluding hydrogens is 468 g/mol. The molecule has 0 unspecified atom stereocenters. The van der Waals surface area contributed by atoms with E-state index in [1.807, 2.05) is 27.7 Å².